The molecule has 0 spiro atoms. The van der Waals surface area contributed by atoms with Crippen LogP contribution in [0.15, 0.2) is 53.3 Å². The second kappa shape index (κ2) is 6.32. The molecule has 0 bridgehead atoms. The number of nitrogens with one attached hydrogen (secondary N) is 1. The molecule has 3 heterocycles. The van der Waals surface area contributed by atoms with Crippen LogP contribution in [0.25, 0.3) is 16.5 Å². The number of H-pyrrole nitrogens is 1. The predicted octanol–water partition coefficient (Wildman–Crippen LogP) is 4.63. The monoisotopic (exact) mass is 383 g/mol. The normalized spacial score (nSPS) is 14.8. The largest absolute Gasteiger partial charge is 0.497 e. The van der Waals surface area contributed by atoms with Crippen LogP contribution in [0.2, 0.25) is 0 Å². The van der Waals surface area contributed by atoms with E-state index < -0.39 is 0 Å². The van der Waals surface area contributed by atoms with E-state index in [0.29, 0.717) is 0 Å². The average molecular weight is 384 g/mol. The van der Waals surface area contributed by atoms with E-state index in [0.717, 1.165) is 41.1 Å². The molecular formula is C19H18BrN3O. The zero-order valence-corrected chi connectivity index (χ0v) is 15.0. The zero-order valence-electron chi connectivity index (χ0n) is 13.4. The van der Waals surface area contributed by atoms with Crippen molar-refractivity contribution in [1.82, 2.24) is 9.97 Å². The van der Waals surface area contributed by atoms with Gasteiger partial charge in [0.05, 0.1) is 7.11 Å². The molecule has 0 amide bonds. The lowest BCUT2D eigenvalue weighted by Crippen LogP contribution is -2.28. The predicted molar refractivity (Wildman–Crippen MR) is 102 cm³/mol. The molecule has 3 aromatic rings. The number of nitrogens with zero attached hydrogens (tertiary/aromatic N) is 2. The molecule has 0 saturated carbocycles. The number of benzene rings is 1. The van der Waals surface area contributed by atoms with Gasteiger partial charge in [0.1, 0.15) is 11.6 Å². The first-order valence-corrected chi connectivity index (χ1v) is 8.75. The smallest absolute Gasteiger partial charge is 0.128 e. The number of halogens is 1. The molecule has 0 radical (unpaired) electrons. The Bertz CT molecular complexity index is 899. The van der Waals surface area contributed by atoms with Crippen molar-refractivity contribution in [2.24, 2.45) is 0 Å². The molecule has 0 saturated heterocycles. The maximum Gasteiger partial charge on any atom is 0.128 e. The molecular weight excluding hydrogens is 366 g/mol. The molecule has 4 rings (SSSR count). The molecule has 0 fully saturated rings. The van der Waals surface area contributed by atoms with Crippen LogP contribution in [-0.2, 0) is 0 Å². The SMILES string of the molecule is COc1ccc2[nH]cc(C3=CCN(c4ccc(Br)cn4)CC3)c2c1. The van der Waals surface area contributed by atoms with Gasteiger partial charge in [0.2, 0.25) is 0 Å². The highest BCUT2D eigenvalue weighted by atomic mass is 79.9. The maximum absolute atomic E-state index is 5.36. The number of aromatic amines is 1. The van der Waals surface area contributed by atoms with Gasteiger partial charge >= 0.3 is 0 Å². The molecule has 24 heavy (non-hydrogen) atoms. The van der Waals surface area contributed by atoms with Crippen LogP contribution in [0.4, 0.5) is 5.82 Å². The summed E-state index contributed by atoms with van der Waals surface area (Å²) < 4.78 is 6.37. The van der Waals surface area contributed by atoms with Crippen molar-refractivity contribution >= 4 is 38.2 Å². The summed E-state index contributed by atoms with van der Waals surface area (Å²) in [6.07, 6.45) is 7.25. The first-order valence-electron chi connectivity index (χ1n) is 7.95. The van der Waals surface area contributed by atoms with Gasteiger partial charge in [0.15, 0.2) is 0 Å². The van der Waals surface area contributed by atoms with E-state index in [1.54, 1.807) is 7.11 Å². The van der Waals surface area contributed by atoms with E-state index in [4.69, 9.17) is 4.74 Å². The van der Waals surface area contributed by atoms with Crippen LogP contribution in [0.1, 0.15) is 12.0 Å². The van der Waals surface area contributed by atoms with Crippen molar-refractivity contribution in [2.75, 3.05) is 25.1 Å². The summed E-state index contributed by atoms with van der Waals surface area (Å²) in [6, 6.07) is 10.2. The lowest BCUT2D eigenvalue weighted by atomic mass is 9.99. The molecule has 0 atom stereocenters. The van der Waals surface area contributed by atoms with Crippen molar-refractivity contribution < 1.29 is 4.74 Å². The summed E-state index contributed by atoms with van der Waals surface area (Å²) in [6.45, 7) is 1.84. The van der Waals surface area contributed by atoms with E-state index in [9.17, 15) is 0 Å². The summed E-state index contributed by atoms with van der Waals surface area (Å²) in [5.41, 5.74) is 3.79. The van der Waals surface area contributed by atoms with Crippen molar-refractivity contribution in [3.8, 4) is 5.75 Å². The van der Waals surface area contributed by atoms with Crippen LogP contribution in [0.3, 0.4) is 0 Å². The van der Waals surface area contributed by atoms with Gasteiger partial charge in [-0.05, 0) is 58.3 Å². The van der Waals surface area contributed by atoms with E-state index >= 15 is 0 Å². The molecule has 0 aliphatic carbocycles. The highest BCUT2D eigenvalue weighted by molar-refractivity contribution is 9.10. The minimum absolute atomic E-state index is 0.876. The Morgan fingerprint density at radius 3 is 2.88 bits per heavy atom. The zero-order chi connectivity index (χ0) is 16.5. The van der Waals surface area contributed by atoms with Crippen molar-refractivity contribution in [1.29, 1.82) is 0 Å². The van der Waals surface area contributed by atoms with E-state index in [1.807, 2.05) is 18.3 Å². The van der Waals surface area contributed by atoms with Gasteiger partial charge in [-0.3, -0.25) is 0 Å². The second-order valence-electron chi connectivity index (χ2n) is 5.87. The Morgan fingerprint density at radius 2 is 2.17 bits per heavy atom. The summed E-state index contributed by atoms with van der Waals surface area (Å²) in [4.78, 5) is 10.1. The maximum atomic E-state index is 5.36. The molecule has 122 valence electrons. The fraction of sp³-hybridized carbons (Fsp3) is 0.211. The number of rotatable bonds is 3. The third-order valence-corrected chi connectivity index (χ3v) is 4.95. The Hall–Kier alpha value is -2.27. The molecule has 5 heteroatoms. The van der Waals surface area contributed by atoms with Crippen LogP contribution in [-0.4, -0.2) is 30.2 Å². The average Bonchev–Trinajstić information content (AvgIpc) is 3.05. The first kappa shape index (κ1) is 15.3. The number of ether oxygens (including phenoxy) is 1. The Kier molecular flexibility index (Phi) is 4.02. The molecule has 1 aliphatic heterocycles. The number of methoxy groups -OCH3 is 1. The van der Waals surface area contributed by atoms with E-state index in [1.165, 1.54) is 16.5 Å². The fourth-order valence-electron chi connectivity index (χ4n) is 3.17. The summed E-state index contributed by atoms with van der Waals surface area (Å²) in [5, 5.41) is 1.22. The van der Waals surface area contributed by atoms with Gasteiger partial charge < -0.3 is 14.6 Å². The first-order chi connectivity index (χ1) is 11.7. The summed E-state index contributed by atoms with van der Waals surface area (Å²) in [5.74, 6) is 1.91. The van der Waals surface area contributed by atoms with Gasteiger partial charge in [-0.2, -0.15) is 0 Å². The van der Waals surface area contributed by atoms with Gasteiger partial charge in [-0.1, -0.05) is 6.08 Å². The number of hydrogen-bond donors (Lipinski definition) is 1. The van der Waals surface area contributed by atoms with E-state index in [-0.39, 0.29) is 0 Å². The minimum atomic E-state index is 0.876. The van der Waals surface area contributed by atoms with Crippen molar-refractivity contribution in [3.63, 3.8) is 0 Å². The number of fused-ring (bicyclic) bond motifs is 1. The molecule has 2 aromatic heterocycles. The summed E-state index contributed by atoms with van der Waals surface area (Å²) in [7, 11) is 1.70. The molecule has 4 nitrogen and oxygen atoms in total. The number of hydrogen-bond acceptors (Lipinski definition) is 3. The standard InChI is InChI=1S/C19H18BrN3O/c1-24-15-3-4-18-16(10-15)17(12-21-18)13-6-8-23(9-7-13)19-5-2-14(20)11-22-19/h2-6,10-12,21H,7-9H2,1H3. The highest BCUT2D eigenvalue weighted by Crippen LogP contribution is 2.32. The number of aromatic nitrogens is 2. The van der Waals surface area contributed by atoms with Crippen LogP contribution < -0.4 is 9.64 Å². The van der Waals surface area contributed by atoms with Gasteiger partial charge in [0, 0.05) is 46.4 Å². The molecule has 0 unspecified atom stereocenters. The van der Waals surface area contributed by atoms with Crippen molar-refractivity contribution in [3.05, 3.63) is 58.8 Å². The lowest BCUT2D eigenvalue weighted by molar-refractivity contribution is 0.415. The number of pyridine rings is 1. The summed E-state index contributed by atoms with van der Waals surface area (Å²) >= 11 is 3.43. The fourth-order valence-corrected chi connectivity index (χ4v) is 3.40. The molecule has 1 N–H and O–H groups in total. The lowest BCUT2D eigenvalue weighted by Gasteiger charge is -2.27. The van der Waals surface area contributed by atoms with Crippen LogP contribution in [0, 0.1) is 0 Å². The Balaban J connectivity index is 1.61. The van der Waals surface area contributed by atoms with Gasteiger partial charge in [0.25, 0.3) is 0 Å². The molecule has 1 aromatic carbocycles. The molecule has 1 aliphatic rings. The Labute approximate surface area is 149 Å². The topological polar surface area (TPSA) is 41.1 Å². The highest BCUT2D eigenvalue weighted by Gasteiger charge is 2.17. The second-order valence-corrected chi connectivity index (χ2v) is 6.79. The quantitative estimate of drug-likeness (QED) is 0.716. The van der Waals surface area contributed by atoms with Crippen LogP contribution in [0.5, 0.6) is 5.75 Å². The number of anilines is 1. The van der Waals surface area contributed by atoms with E-state index in [2.05, 4.69) is 61.3 Å². The van der Waals surface area contributed by atoms with Gasteiger partial charge in [-0.25, -0.2) is 4.98 Å². The third-order valence-electron chi connectivity index (χ3n) is 4.48. The third kappa shape index (κ3) is 2.80. The Morgan fingerprint density at radius 1 is 1.25 bits per heavy atom. The minimum Gasteiger partial charge on any atom is -0.497 e. The van der Waals surface area contributed by atoms with Gasteiger partial charge in [-0.15, -0.1) is 0 Å². The van der Waals surface area contributed by atoms with Crippen LogP contribution >= 0.6 is 15.9 Å². The van der Waals surface area contributed by atoms with Crippen molar-refractivity contribution in [2.45, 2.75) is 6.42 Å².